The third-order valence-electron chi connectivity index (χ3n) is 7.48. The fourth-order valence-electron chi connectivity index (χ4n) is 5.77. The predicted molar refractivity (Wildman–Crippen MR) is 113 cm³/mol. The molecule has 0 saturated heterocycles. The van der Waals surface area contributed by atoms with Crippen molar-refractivity contribution in [3.8, 4) is 0 Å². The van der Waals surface area contributed by atoms with Crippen LogP contribution in [0.5, 0.6) is 0 Å². The number of nitrogens with zero attached hydrogens (tertiary/aromatic N) is 4. The zero-order valence-corrected chi connectivity index (χ0v) is 19.2. The van der Waals surface area contributed by atoms with Crippen molar-refractivity contribution in [3.05, 3.63) is 77.1 Å². The summed E-state index contributed by atoms with van der Waals surface area (Å²) in [7, 11) is 0. The Hall–Kier alpha value is -3.06. The van der Waals surface area contributed by atoms with E-state index in [1.807, 2.05) is 0 Å². The summed E-state index contributed by atoms with van der Waals surface area (Å²) in [6.07, 6.45) is -3.44. The minimum atomic E-state index is -4.44. The van der Waals surface area contributed by atoms with E-state index in [1.165, 1.54) is 0 Å². The molecule has 1 atom stereocenters. The summed E-state index contributed by atoms with van der Waals surface area (Å²) in [6.45, 7) is -2.49. The van der Waals surface area contributed by atoms with E-state index in [0.29, 0.717) is 11.6 Å². The van der Waals surface area contributed by atoms with Gasteiger partial charge in [0.25, 0.3) is 5.92 Å². The van der Waals surface area contributed by atoms with Gasteiger partial charge in [0.1, 0.15) is 24.6 Å². The van der Waals surface area contributed by atoms with Crippen LogP contribution < -0.4 is 0 Å². The summed E-state index contributed by atoms with van der Waals surface area (Å²) in [5.74, 6) is -6.15. The first-order valence-electron chi connectivity index (χ1n) is 11.3. The first-order chi connectivity index (χ1) is 17.3. The fraction of sp³-hybridized carbons (Fsp3) is 0.458. The lowest BCUT2D eigenvalue weighted by molar-refractivity contribution is -0.347. The van der Waals surface area contributed by atoms with Crippen LogP contribution in [0, 0.1) is 17.0 Å². The lowest BCUT2D eigenvalue weighted by Gasteiger charge is -2.74. The second kappa shape index (κ2) is 8.48. The number of aliphatic hydroxyl groups is 1. The molecule has 13 heteroatoms. The highest BCUT2D eigenvalue weighted by Gasteiger charge is 2.82. The Bertz CT molecular complexity index is 1260. The van der Waals surface area contributed by atoms with E-state index in [-0.39, 0.29) is 25.9 Å². The molecule has 6 nitrogen and oxygen atoms in total. The van der Waals surface area contributed by atoms with Crippen LogP contribution in [-0.4, -0.2) is 44.0 Å². The predicted octanol–water partition coefficient (Wildman–Crippen LogP) is 4.68. The van der Waals surface area contributed by atoms with E-state index in [9.17, 15) is 27.1 Å². The summed E-state index contributed by atoms with van der Waals surface area (Å²) in [5, 5.41) is 21.7. The Morgan fingerprint density at radius 1 is 0.973 bits per heavy atom. The summed E-state index contributed by atoms with van der Waals surface area (Å²) in [5.41, 5.74) is -4.84. The van der Waals surface area contributed by atoms with Crippen molar-refractivity contribution < 1.29 is 40.6 Å². The van der Waals surface area contributed by atoms with Gasteiger partial charge in [-0.15, -0.1) is 5.10 Å². The maximum Gasteiger partial charge on any atom is 0.411 e. The summed E-state index contributed by atoms with van der Waals surface area (Å²) < 4.78 is 103. The maximum absolute atomic E-state index is 16.2. The highest BCUT2D eigenvalue weighted by molar-refractivity contribution is 5.43. The van der Waals surface area contributed by atoms with Crippen LogP contribution in [0.25, 0.3) is 0 Å². The van der Waals surface area contributed by atoms with Gasteiger partial charge in [-0.05, 0) is 58.4 Å². The van der Waals surface area contributed by atoms with Gasteiger partial charge >= 0.3 is 6.18 Å². The van der Waals surface area contributed by atoms with Crippen molar-refractivity contribution in [1.82, 2.24) is 20.2 Å². The molecule has 3 aromatic rings. The Morgan fingerprint density at radius 3 is 2.22 bits per heavy atom. The van der Waals surface area contributed by atoms with Crippen molar-refractivity contribution in [2.75, 3.05) is 6.61 Å². The highest BCUT2D eigenvalue weighted by Crippen LogP contribution is 2.80. The number of benzene rings is 2. The van der Waals surface area contributed by atoms with Gasteiger partial charge in [-0.1, -0.05) is 24.3 Å². The first kappa shape index (κ1) is 25.6. The molecule has 3 aliphatic rings. The number of aromatic nitrogens is 4. The maximum atomic E-state index is 16.2. The highest BCUT2D eigenvalue weighted by atomic mass is 19.4. The molecule has 1 N–H and O–H groups in total. The van der Waals surface area contributed by atoms with E-state index < -0.39 is 58.9 Å². The first-order valence-corrected chi connectivity index (χ1v) is 11.3. The number of rotatable bonds is 9. The van der Waals surface area contributed by atoms with E-state index in [4.69, 9.17) is 0 Å². The summed E-state index contributed by atoms with van der Waals surface area (Å²) in [4.78, 5) is 0. The topological polar surface area (TPSA) is 73.1 Å². The second-order valence-corrected chi connectivity index (χ2v) is 9.96. The van der Waals surface area contributed by atoms with Gasteiger partial charge in [-0.3, -0.25) is 0 Å². The zero-order valence-electron chi connectivity index (χ0n) is 19.2. The molecule has 0 amide bonds. The number of ether oxygens (including phenoxy) is 1. The molecular formula is C24H21F7N4O2. The number of hydrogen-bond acceptors (Lipinski definition) is 5. The normalized spacial score (nSPS) is 24.8. The van der Waals surface area contributed by atoms with Crippen molar-refractivity contribution >= 4 is 0 Å². The van der Waals surface area contributed by atoms with Crippen LogP contribution in [0.15, 0.2) is 48.8 Å². The third kappa shape index (κ3) is 4.17. The number of tetrazole rings is 1. The SMILES string of the molecule is O[C@@](Cn1cnnn1)(c1ccc(F)cc1F)C(F)(F)C12CC(c3ccc(COCC(F)(F)F)cc3)(C1)C2. The molecule has 6 rings (SSSR count). The lowest BCUT2D eigenvalue weighted by Crippen LogP contribution is -2.76. The fourth-order valence-corrected chi connectivity index (χ4v) is 5.77. The van der Waals surface area contributed by atoms with Crippen LogP contribution in [0.4, 0.5) is 30.7 Å². The molecule has 2 bridgehead atoms. The Kier molecular flexibility index (Phi) is 5.87. The monoisotopic (exact) mass is 530 g/mol. The van der Waals surface area contributed by atoms with E-state index in [0.717, 1.165) is 28.7 Å². The largest absolute Gasteiger partial charge is 0.411 e. The van der Waals surface area contributed by atoms with Crippen molar-refractivity contribution in [3.63, 3.8) is 0 Å². The van der Waals surface area contributed by atoms with Crippen LogP contribution >= 0.6 is 0 Å². The number of hydrogen-bond donors (Lipinski definition) is 1. The number of alkyl halides is 5. The van der Waals surface area contributed by atoms with Crippen LogP contribution in [0.1, 0.15) is 36.0 Å². The quantitative estimate of drug-likeness (QED) is 0.407. The number of halogens is 7. The van der Waals surface area contributed by atoms with Gasteiger partial charge in [-0.25, -0.2) is 22.2 Å². The van der Waals surface area contributed by atoms with E-state index in [2.05, 4.69) is 20.3 Å². The molecule has 1 aromatic heterocycles. The standard InChI is InChI=1S/C24H21F7N4O2/c25-17-5-6-18(19(26)7-17)22(36,12-35-14-32-33-34-35)24(30,31)21-9-20(10-21,11-21)16-3-1-15(2-4-16)8-37-13-23(27,28)29/h1-7,14,36H,8-13H2/t20?,21?,22-/m0/s1. The molecule has 1 heterocycles. The second-order valence-electron chi connectivity index (χ2n) is 9.96. The van der Waals surface area contributed by atoms with Gasteiger partial charge in [0.15, 0.2) is 5.60 Å². The molecule has 0 radical (unpaired) electrons. The van der Waals surface area contributed by atoms with Gasteiger partial charge in [0, 0.05) is 17.0 Å². The van der Waals surface area contributed by atoms with Crippen LogP contribution in [0.3, 0.4) is 0 Å². The summed E-state index contributed by atoms with van der Waals surface area (Å²) in [6, 6.07) is 8.52. The van der Waals surface area contributed by atoms with Gasteiger partial charge < -0.3 is 9.84 Å². The molecule has 0 unspecified atom stereocenters. The molecule has 0 spiro atoms. The van der Waals surface area contributed by atoms with Crippen LogP contribution in [-0.2, 0) is 28.9 Å². The van der Waals surface area contributed by atoms with Crippen molar-refractivity contribution in [2.24, 2.45) is 5.41 Å². The lowest BCUT2D eigenvalue weighted by atomic mass is 9.30. The Labute approximate surface area is 206 Å². The van der Waals surface area contributed by atoms with E-state index in [1.54, 1.807) is 24.3 Å². The smallest absolute Gasteiger partial charge is 0.377 e. The third-order valence-corrected chi connectivity index (χ3v) is 7.48. The molecule has 37 heavy (non-hydrogen) atoms. The Morgan fingerprint density at radius 2 is 1.65 bits per heavy atom. The Balaban J connectivity index is 1.36. The van der Waals surface area contributed by atoms with Crippen molar-refractivity contribution in [2.45, 2.75) is 55.5 Å². The molecule has 2 aromatic carbocycles. The molecule has 3 fully saturated rings. The molecule has 198 valence electrons. The minimum Gasteiger partial charge on any atom is -0.377 e. The zero-order chi connectivity index (χ0) is 26.7. The average molecular weight is 530 g/mol. The summed E-state index contributed by atoms with van der Waals surface area (Å²) >= 11 is 0. The molecule has 3 aliphatic carbocycles. The molecule has 3 saturated carbocycles. The van der Waals surface area contributed by atoms with Gasteiger partial charge in [0.2, 0.25) is 0 Å². The molecular weight excluding hydrogens is 509 g/mol. The average Bonchev–Trinajstić information content (AvgIpc) is 3.24. The van der Waals surface area contributed by atoms with Crippen molar-refractivity contribution in [1.29, 1.82) is 0 Å². The van der Waals surface area contributed by atoms with Crippen LogP contribution in [0.2, 0.25) is 0 Å². The molecule has 0 aliphatic heterocycles. The van der Waals surface area contributed by atoms with Gasteiger partial charge in [0.05, 0.1) is 13.2 Å². The minimum absolute atomic E-state index is 0.00233. The van der Waals surface area contributed by atoms with Gasteiger partial charge in [-0.2, -0.15) is 13.2 Å². The van der Waals surface area contributed by atoms with E-state index >= 15 is 8.78 Å².